The van der Waals surface area contributed by atoms with Crippen molar-refractivity contribution in [3.63, 3.8) is 0 Å². The molecule has 0 bridgehead atoms. The van der Waals surface area contributed by atoms with Gasteiger partial charge < -0.3 is 4.65 Å². The minimum Gasteiger partial charge on any atom is -0.437 e. The summed E-state index contributed by atoms with van der Waals surface area (Å²) in [7, 11) is 2.25. The van der Waals surface area contributed by atoms with Gasteiger partial charge in [-0.1, -0.05) is 17.6 Å². The maximum absolute atomic E-state index is 8.48. The van der Waals surface area contributed by atoms with Crippen LogP contribution in [0.1, 0.15) is 5.56 Å². The monoisotopic (exact) mass is 145 g/mol. The minimum absolute atomic E-state index is 0.603. The molecule has 0 aliphatic rings. The summed E-state index contributed by atoms with van der Waals surface area (Å²) in [6, 6.07) is 9.41. The van der Waals surface area contributed by atoms with E-state index in [2.05, 4.69) is 6.07 Å². The average molecular weight is 145 g/mol. The van der Waals surface area contributed by atoms with E-state index in [-0.39, 0.29) is 0 Å². The van der Waals surface area contributed by atoms with Crippen LogP contribution in [0.15, 0.2) is 24.3 Å². The van der Waals surface area contributed by atoms with E-state index in [1.165, 1.54) is 0 Å². The van der Waals surface area contributed by atoms with Crippen molar-refractivity contribution in [2.45, 2.75) is 0 Å². The molecule has 0 atom stereocenters. The molecule has 0 heterocycles. The highest BCUT2D eigenvalue weighted by molar-refractivity contribution is 6.46. The summed E-state index contributed by atoms with van der Waals surface area (Å²) in [6.07, 6.45) is 0. The van der Waals surface area contributed by atoms with Gasteiger partial charge in [0.25, 0.3) is 0 Å². The van der Waals surface area contributed by atoms with Gasteiger partial charge in [0.2, 0.25) is 0 Å². The van der Waals surface area contributed by atoms with Crippen LogP contribution in [0.4, 0.5) is 0 Å². The maximum Gasteiger partial charge on any atom is 0.308 e. The van der Waals surface area contributed by atoms with Crippen LogP contribution in [0.5, 0.6) is 0 Å². The first-order valence-electron chi connectivity index (χ1n) is 3.35. The third-order valence-corrected chi connectivity index (χ3v) is 1.39. The number of benzene rings is 1. The number of rotatable bonds is 2. The zero-order valence-corrected chi connectivity index (χ0v) is 6.37. The van der Waals surface area contributed by atoms with Crippen molar-refractivity contribution in [3.05, 3.63) is 29.8 Å². The van der Waals surface area contributed by atoms with Crippen molar-refractivity contribution in [1.82, 2.24) is 0 Å². The van der Waals surface area contributed by atoms with Gasteiger partial charge >= 0.3 is 7.48 Å². The first-order valence-corrected chi connectivity index (χ1v) is 3.35. The molecule has 3 heteroatoms. The molecule has 0 amide bonds. The predicted molar refractivity (Wildman–Crippen MR) is 44.9 cm³/mol. The molecule has 54 valence electrons. The second-order valence-corrected chi connectivity index (χ2v) is 2.24. The van der Waals surface area contributed by atoms with Crippen LogP contribution in [-0.2, 0) is 4.65 Å². The zero-order chi connectivity index (χ0) is 8.10. The Hall–Kier alpha value is -1.27. The van der Waals surface area contributed by atoms with Gasteiger partial charge in [-0.05, 0) is 12.1 Å². The summed E-state index contributed by atoms with van der Waals surface area (Å²) < 4.78 is 4.92. The number of hydrogen-bond donors (Lipinski definition) is 0. The Morgan fingerprint density at radius 2 is 2.00 bits per heavy atom. The lowest BCUT2D eigenvalue weighted by atomic mass is 9.88. The van der Waals surface area contributed by atoms with E-state index in [1.54, 1.807) is 19.2 Å². The lowest BCUT2D eigenvalue weighted by Crippen LogP contribution is -2.14. The van der Waals surface area contributed by atoms with Gasteiger partial charge in [0.05, 0.1) is 11.6 Å². The van der Waals surface area contributed by atoms with Crippen LogP contribution in [0.3, 0.4) is 0 Å². The molecular formula is C8H8BNO. The van der Waals surface area contributed by atoms with Crippen LogP contribution in [0, 0.1) is 11.3 Å². The molecule has 0 aromatic heterocycles. The molecule has 0 N–H and O–H groups in total. The zero-order valence-electron chi connectivity index (χ0n) is 6.37. The summed E-state index contributed by atoms with van der Waals surface area (Å²) in [4.78, 5) is 0. The highest BCUT2D eigenvalue weighted by atomic mass is 16.4. The normalized spacial score (nSPS) is 8.73. The van der Waals surface area contributed by atoms with Gasteiger partial charge in [-0.25, -0.2) is 0 Å². The van der Waals surface area contributed by atoms with Crippen molar-refractivity contribution in [2.24, 2.45) is 0 Å². The van der Waals surface area contributed by atoms with Crippen LogP contribution >= 0.6 is 0 Å². The molecule has 1 rings (SSSR count). The average Bonchev–Trinajstić information content (AvgIpc) is 2.07. The number of hydrogen-bond acceptors (Lipinski definition) is 2. The van der Waals surface area contributed by atoms with Gasteiger partial charge in [-0.2, -0.15) is 5.26 Å². The molecule has 0 spiro atoms. The molecule has 0 radical (unpaired) electrons. The Morgan fingerprint density at radius 1 is 1.36 bits per heavy atom. The molecule has 1 aromatic carbocycles. The molecule has 0 unspecified atom stereocenters. The molecule has 0 aliphatic carbocycles. The molecular weight excluding hydrogens is 137 g/mol. The van der Waals surface area contributed by atoms with E-state index in [0.717, 1.165) is 5.46 Å². The summed E-state index contributed by atoms with van der Waals surface area (Å²) in [6.45, 7) is 0. The molecule has 1 aromatic rings. The van der Waals surface area contributed by atoms with Crippen molar-refractivity contribution < 1.29 is 4.65 Å². The molecule has 0 aliphatic heterocycles. The Balaban J connectivity index is 2.76. The second kappa shape index (κ2) is 3.79. The van der Waals surface area contributed by atoms with E-state index in [9.17, 15) is 0 Å². The minimum atomic E-state index is 0.603. The van der Waals surface area contributed by atoms with E-state index < -0.39 is 0 Å². The highest BCUT2D eigenvalue weighted by Gasteiger charge is 1.93. The number of nitriles is 1. The van der Waals surface area contributed by atoms with E-state index >= 15 is 0 Å². The Labute approximate surface area is 66.7 Å². The van der Waals surface area contributed by atoms with E-state index in [1.807, 2.05) is 12.1 Å². The standard InChI is InChI=1S/C8H8BNO/c1-11-9-8-4-2-7(6-10)3-5-8/h2-5,9H,1H3. The lowest BCUT2D eigenvalue weighted by molar-refractivity contribution is 0.450. The maximum atomic E-state index is 8.48. The quantitative estimate of drug-likeness (QED) is 0.556. The smallest absolute Gasteiger partial charge is 0.308 e. The second-order valence-electron chi connectivity index (χ2n) is 2.24. The fourth-order valence-electron chi connectivity index (χ4n) is 0.842. The van der Waals surface area contributed by atoms with Crippen molar-refractivity contribution in [1.29, 1.82) is 5.26 Å². The highest BCUT2D eigenvalue weighted by Crippen LogP contribution is 1.92. The summed E-state index contributed by atoms with van der Waals surface area (Å²) in [5, 5.41) is 8.48. The fraction of sp³-hybridized carbons (Fsp3) is 0.125. The summed E-state index contributed by atoms with van der Waals surface area (Å²) in [5.41, 5.74) is 1.77. The molecule has 2 nitrogen and oxygen atoms in total. The van der Waals surface area contributed by atoms with E-state index in [0.29, 0.717) is 13.0 Å². The topological polar surface area (TPSA) is 33.0 Å². The lowest BCUT2D eigenvalue weighted by Gasteiger charge is -1.95. The summed E-state index contributed by atoms with van der Waals surface area (Å²) in [5.74, 6) is 0. The van der Waals surface area contributed by atoms with Crippen molar-refractivity contribution in [3.8, 4) is 6.07 Å². The Morgan fingerprint density at radius 3 is 2.45 bits per heavy atom. The van der Waals surface area contributed by atoms with Crippen molar-refractivity contribution in [2.75, 3.05) is 7.11 Å². The van der Waals surface area contributed by atoms with Gasteiger partial charge in [-0.3, -0.25) is 0 Å². The van der Waals surface area contributed by atoms with Gasteiger partial charge in [0, 0.05) is 7.11 Å². The predicted octanol–water partition coefficient (Wildman–Crippen LogP) is 0.181. The molecule has 0 saturated carbocycles. The fourth-order valence-corrected chi connectivity index (χ4v) is 0.842. The van der Waals surface area contributed by atoms with Crippen molar-refractivity contribution >= 4 is 12.9 Å². The largest absolute Gasteiger partial charge is 0.437 e. The van der Waals surface area contributed by atoms with Crippen LogP contribution in [0.25, 0.3) is 0 Å². The van der Waals surface area contributed by atoms with Gasteiger partial charge in [0.1, 0.15) is 0 Å². The van der Waals surface area contributed by atoms with Crippen LogP contribution < -0.4 is 5.46 Å². The number of nitrogens with zero attached hydrogens (tertiary/aromatic N) is 1. The Bertz CT molecular complexity index is 262. The van der Waals surface area contributed by atoms with Gasteiger partial charge in [-0.15, -0.1) is 0 Å². The molecule has 0 fully saturated rings. The van der Waals surface area contributed by atoms with Crippen LogP contribution in [0.2, 0.25) is 0 Å². The summed E-state index contributed by atoms with van der Waals surface area (Å²) >= 11 is 0. The first kappa shape index (κ1) is 7.84. The first-order chi connectivity index (χ1) is 5.36. The third-order valence-electron chi connectivity index (χ3n) is 1.39. The van der Waals surface area contributed by atoms with Crippen LogP contribution in [-0.4, -0.2) is 14.6 Å². The SMILES string of the molecule is COBc1ccc(C#N)cc1. The van der Waals surface area contributed by atoms with E-state index in [4.69, 9.17) is 9.92 Å². The van der Waals surface area contributed by atoms with Gasteiger partial charge in [0.15, 0.2) is 0 Å². The Kier molecular flexibility index (Phi) is 2.70. The third kappa shape index (κ3) is 2.10. The molecule has 0 saturated heterocycles. The molecule has 11 heavy (non-hydrogen) atoms.